The number of imide groups is 1. The van der Waals surface area contributed by atoms with Gasteiger partial charge in [0.05, 0.1) is 16.2 Å². The Morgan fingerprint density at radius 2 is 1.90 bits per heavy atom. The summed E-state index contributed by atoms with van der Waals surface area (Å²) in [4.78, 5) is 53.0. The number of hydrogen-bond donors (Lipinski definition) is 1. The number of halogens is 1. The summed E-state index contributed by atoms with van der Waals surface area (Å²) in [5.41, 5.74) is 0.912. The van der Waals surface area contributed by atoms with E-state index in [4.69, 9.17) is 0 Å². The maximum atomic E-state index is 12.5. The highest BCUT2D eigenvalue weighted by atomic mass is 79.9. The minimum Gasteiger partial charge on any atom is -0.302 e. The molecule has 0 bridgehead atoms. The summed E-state index contributed by atoms with van der Waals surface area (Å²) < 4.78 is 0.943. The van der Waals surface area contributed by atoms with Gasteiger partial charge in [-0.15, -0.1) is 11.3 Å². The third-order valence-corrected chi connectivity index (χ3v) is 5.91. The van der Waals surface area contributed by atoms with E-state index in [2.05, 4.69) is 26.2 Å². The molecule has 3 amide bonds. The van der Waals surface area contributed by atoms with Crippen LogP contribution in [-0.2, 0) is 4.79 Å². The number of fused-ring (bicyclic) bond motifs is 1. The summed E-state index contributed by atoms with van der Waals surface area (Å²) in [5, 5.41) is 16.0. The molecule has 9 nitrogen and oxygen atoms in total. The first-order chi connectivity index (χ1) is 14.8. The normalized spacial score (nSPS) is 12.7. The first kappa shape index (κ1) is 20.8. The summed E-state index contributed by atoms with van der Waals surface area (Å²) in [5.74, 6) is -1.85. The van der Waals surface area contributed by atoms with E-state index in [0.29, 0.717) is 10.8 Å². The fourth-order valence-electron chi connectivity index (χ4n) is 3.15. The lowest BCUT2D eigenvalue weighted by Crippen LogP contribution is -2.33. The molecule has 11 heteroatoms. The van der Waals surface area contributed by atoms with E-state index in [1.165, 1.54) is 29.5 Å². The van der Waals surface area contributed by atoms with Gasteiger partial charge >= 0.3 is 0 Å². The molecular weight excluding hydrogens is 488 g/mol. The van der Waals surface area contributed by atoms with E-state index in [1.54, 1.807) is 0 Å². The highest BCUT2D eigenvalue weighted by Crippen LogP contribution is 2.31. The average Bonchev–Trinajstić information content (AvgIpc) is 3.30. The lowest BCUT2D eigenvalue weighted by molar-refractivity contribution is -0.385. The zero-order chi connectivity index (χ0) is 22.1. The van der Waals surface area contributed by atoms with Crippen LogP contribution in [0.3, 0.4) is 0 Å². The number of carbonyl (C=O) groups is 3. The predicted molar refractivity (Wildman–Crippen MR) is 117 cm³/mol. The monoisotopic (exact) mass is 500 g/mol. The average molecular weight is 501 g/mol. The second kappa shape index (κ2) is 8.36. The number of rotatable bonds is 6. The summed E-state index contributed by atoms with van der Waals surface area (Å²) in [6.45, 7) is -0.194. The van der Waals surface area contributed by atoms with Gasteiger partial charge in [0.1, 0.15) is 5.56 Å². The van der Waals surface area contributed by atoms with Gasteiger partial charge in [-0.1, -0.05) is 34.1 Å². The third-order valence-electron chi connectivity index (χ3n) is 4.63. The van der Waals surface area contributed by atoms with E-state index in [9.17, 15) is 24.5 Å². The van der Waals surface area contributed by atoms with Gasteiger partial charge in [-0.2, -0.15) is 0 Å². The van der Waals surface area contributed by atoms with Gasteiger partial charge in [-0.05, 0) is 18.2 Å². The van der Waals surface area contributed by atoms with Crippen molar-refractivity contribution in [3.8, 4) is 11.3 Å². The number of nitrogens with one attached hydrogen (secondary N) is 1. The van der Waals surface area contributed by atoms with Crippen LogP contribution in [0.1, 0.15) is 27.1 Å². The van der Waals surface area contributed by atoms with Crippen LogP contribution in [0.2, 0.25) is 0 Å². The molecule has 1 aliphatic rings. The van der Waals surface area contributed by atoms with Crippen molar-refractivity contribution in [1.82, 2.24) is 9.88 Å². The molecule has 0 unspecified atom stereocenters. The molecule has 1 N–H and O–H groups in total. The largest absolute Gasteiger partial charge is 0.302 e. The van der Waals surface area contributed by atoms with Crippen molar-refractivity contribution in [2.24, 2.45) is 0 Å². The minimum atomic E-state index is -0.771. The first-order valence-corrected chi connectivity index (χ1v) is 10.7. The van der Waals surface area contributed by atoms with Gasteiger partial charge in [0.15, 0.2) is 5.13 Å². The van der Waals surface area contributed by atoms with E-state index in [1.807, 2.05) is 29.6 Å². The Labute approximate surface area is 188 Å². The number of nitro groups is 1. The second-order valence-electron chi connectivity index (χ2n) is 6.56. The molecule has 31 heavy (non-hydrogen) atoms. The van der Waals surface area contributed by atoms with Crippen molar-refractivity contribution in [2.75, 3.05) is 11.9 Å². The van der Waals surface area contributed by atoms with Gasteiger partial charge in [0.2, 0.25) is 5.91 Å². The van der Waals surface area contributed by atoms with Crippen molar-refractivity contribution in [3.05, 3.63) is 73.6 Å². The quantitative estimate of drug-likeness (QED) is 0.308. The maximum Gasteiger partial charge on any atom is 0.282 e. The number of nitro benzene ring substituents is 1. The Balaban J connectivity index is 1.40. The Morgan fingerprint density at radius 3 is 2.61 bits per heavy atom. The maximum absolute atomic E-state index is 12.5. The van der Waals surface area contributed by atoms with Crippen LogP contribution >= 0.6 is 27.3 Å². The fraction of sp³-hybridized carbons (Fsp3) is 0.100. The first-order valence-electron chi connectivity index (χ1n) is 9.00. The number of hydrogen-bond acceptors (Lipinski definition) is 7. The topological polar surface area (TPSA) is 123 Å². The molecule has 3 aromatic rings. The second-order valence-corrected chi connectivity index (χ2v) is 8.34. The van der Waals surface area contributed by atoms with Crippen LogP contribution in [0.25, 0.3) is 11.3 Å². The van der Waals surface area contributed by atoms with Gasteiger partial charge in [0, 0.05) is 34.4 Å². The van der Waals surface area contributed by atoms with Gasteiger partial charge < -0.3 is 5.32 Å². The van der Waals surface area contributed by atoms with E-state index in [-0.39, 0.29) is 24.1 Å². The summed E-state index contributed by atoms with van der Waals surface area (Å²) in [6.07, 6.45) is -0.160. The number of benzene rings is 2. The molecule has 0 spiro atoms. The molecule has 0 atom stereocenters. The minimum absolute atomic E-state index is 0.0290. The number of amides is 3. The zero-order valence-corrected chi connectivity index (χ0v) is 18.1. The standard InChI is InChI=1S/C20H13BrN4O5S/c21-12-6-4-11(5-7-12)14-10-31-20(22-14)23-16(26)8-9-24-18(27)13-2-1-3-15(25(29)30)17(13)19(24)28/h1-7,10H,8-9H2,(H,22,23,26). The van der Waals surface area contributed by atoms with Crippen LogP contribution < -0.4 is 5.32 Å². The number of aromatic nitrogens is 1. The predicted octanol–water partition coefficient (Wildman–Crippen LogP) is 4.11. The summed E-state index contributed by atoms with van der Waals surface area (Å²) in [6, 6.07) is 11.5. The molecule has 1 aromatic heterocycles. The Hall–Kier alpha value is -3.44. The Kier molecular flexibility index (Phi) is 5.61. The molecule has 0 aliphatic carbocycles. The Bertz CT molecular complexity index is 1220. The van der Waals surface area contributed by atoms with Crippen molar-refractivity contribution < 1.29 is 19.3 Å². The molecule has 0 radical (unpaired) electrons. The molecule has 156 valence electrons. The van der Waals surface area contributed by atoms with Crippen LogP contribution in [-0.4, -0.2) is 39.1 Å². The molecule has 0 fully saturated rings. The highest BCUT2D eigenvalue weighted by Gasteiger charge is 2.40. The fourth-order valence-corrected chi connectivity index (χ4v) is 4.15. The number of nitrogens with zero attached hydrogens (tertiary/aromatic N) is 3. The van der Waals surface area contributed by atoms with Crippen LogP contribution in [0.4, 0.5) is 10.8 Å². The van der Waals surface area contributed by atoms with Crippen LogP contribution in [0.5, 0.6) is 0 Å². The number of anilines is 1. The molecule has 2 heterocycles. The Morgan fingerprint density at radius 1 is 1.16 bits per heavy atom. The molecule has 2 aromatic carbocycles. The van der Waals surface area contributed by atoms with Gasteiger partial charge in [0.25, 0.3) is 17.5 Å². The van der Waals surface area contributed by atoms with Crippen molar-refractivity contribution in [1.29, 1.82) is 0 Å². The molecule has 4 rings (SSSR count). The number of thiazole rings is 1. The van der Waals surface area contributed by atoms with E-state index < -0.39 is 28.3 Å². The SMILES string of the molecule is O=C(CCN1C(=O)c2cccc([N+](=O)[O-])c2C1=O)Nc1nc(-c2ccc(Br)cc2)cs1. The zero-order valence-electron chi connectivity index (χ0n) is 15.7. The molecule has 0 saturated carbocycles. The molecule has 1 aliphatic heterocycles. The summed E-state index contributed by atoms with van der Waals surface area (Å²) >= 11 is 4.62. The van der Waals surface area contributed by atoms with E-state index in [0.717, 1.165) is 14.9 Å². The van der Waals surface area contributed by atoms with E-state index >= 15 is 0 Å². The third kappa shape index (κ3) is 4.09. The van der Waals surface area contributed by atoms with Crippen LogP contribution in [0, 0.1) is 10.1 Å². The van der Waals surface area contributed by atoms with Crippen molar-refractivity contribution in [2.45, 2.75) is 6.42 Å². The van der Waals surface area contributed by atoms with Gasteiger partial charge in [-0.25, -0.2) is 4.98 Å². The lowest BCUT2D eigenvalue weighted by atomic mass is 10.1. The van der Waals surface area contributed by atoms with Crippen molar-refractivity contribution >= 4 is 55.8 Å². The van der Waals surface area contributed by atoms with Gasteiger partial charge in [-0.3, -0.25) is 29.4 Å². The van der Waals surface area contributed by atoms with Crippen LogP contribution in [0.15, 0.2) is 52.3 Å². The molecule has 0 saturated heterocycles. The smallest absolute Gasteiger partial charge is 0.282 e. The van der Waals surface area contributed by atoms with Crippen molar-refractivity contribution in [3.63, 3.8) is 0 Å². The molecular formula is C20H13BrN4O5S. The highest BCUT2D eigenvalue weighted by molar-refractivity contribution is 9.10. The number of carbonyl (C=O) groups excluding carboxylic acids is 3. The summed E-state index contributed by atoms with van der Waals surface area (Å²) in [7, 11) is 0. The lowest BCUT2D eigenvalue weighted by Gasteiger charge is -2.12.